The van der Waals surface area contributed by atoms with Gasteiger partial charge in [-0.2, -0.15) is 0 Å². The Morgan fingerprint density at radius 3 is 2.54 bits per heavy atom. The molecular formula is C20H28N4OS. The summed E-state index contributed by atoms with van der Waals surface area (Å²) in [7, 11) is 0. The molecule has 2 aromatic rings. The predicted octanol–water partition coefficient (Wildman–Crippen LogP) is 4.21. The normalized spacial score (nSPS) is 16.1. The summed E-state index contributed by atoms with van der Waals surface area (Å²) in [4.78, 5) is 12.4. The molecular weight excluding hydrogens is 344 g/mol. The topological polar surface area (TPSA) is 59.8 Å². The van der Waals surface area contributed by atoms with Gasteiger partial charge in [0.15, 0.2) is 5.16 Å². The molecule has 1 saturated carbocycles. The standard InChI is InChI=1S/C20H28N4OS/c1-15-10-8-9-13-18(15)24-16(2)22-23-20(24)26-14-19(25)21-17-11-6-4-3-5-7-12-17/h8-10,13,17H,3-7,11-12,14H2,1-2H3,(H,21,25). The van der Waals surface area contributed by atoms with Crippen LogP contribution < -0.4 is 5.32 Å². The predicted molar refractivity (Wildman–Crippen MR) is 106 cm³/mol. The zero-order valence-corrected chi connectivity index (χ0v) is 16.5. The van der Waals surface area contributed by atoms with E-state index in [4.69, 9.17) is 0 Å². The van der Waals surface area contributed by atoms with Crippen LogP contribution in [-0.2, 0) is 4.79 Å². The number of nitrogens with one attached hydrogen (secondary N) is 1. The molecule has 1 N–H and O–H groups in total. The number of hydrogen-bond donors (Lipinski definition) is 1. The van der Waals surface area contributed by atoms with E-state index in [2.05, 4.69) is 34.6 Å². The van der Waals surface area contributed by atoms with E-state index in [1.54, 1.807) is 0 Å². The van der Waals surface area contributed by atoms with Crippen molar-refractivity contribution in [2.75, 3.05) is 5.75 Å². The summed E-state index contributed by atoms with van der Waals surface area (Å²) >= 11 is 1.45. The number of nitrogens with zero attached hydrogens (tertiary/aromatic N) is 3. The lowest BCUT2D eigenvalue weighted by molar-refractivity contribution is -0.119. The molecule has 0 unspecified atom stereocenters. The summed E-state index contributed by atoms with van der Waals surface area (Å²) in [5.41, 5.74) is 2.23. The van der Waals surface area contributed by atoms with Crippen LogP contribution in [0.5, 0.6) is 0 Å². The molecule has 1 aliphatic carbocycles. The number of aryl methyl sites for hydroxylation is 2. The second-order valence-corrected chi connectivity index (χ2v) is 7.99. The van der Waals surface area contributed by atoms with Gasteiger partial charge in [0.05, 0.1) is 11.4 Å². The zero-order valence-electron chi connectivity index (χ0n) is 15.7. The number of para-hydroxylation sites is 1. The maximum Gasteiger partial charge on any atom is 0.230 e. The monoisotopic (exact) mass is 372 g/mol. The van der Waals surface area contributed by atoms with Crippen LogP contribution in [0, 0.1) is 13.8 Å². The van der Waals surface area contributed by atoms with E-state index < -0.39 is 0 Å². The maximum absolute atomic E-state index is 12.4. The number of rotatable bonds is 5. The van der Waals surface area contributed by atoms with Crippen LogP contribution in [0.3, 0.4) is 0 Å². The van der Waals surface area contributed by atoms with Crippen LogP contribution in [0.4, 0.5) is 0 Å². The average molecular weight is 373 g/mol. The molecule has 0 bridgehead atoms. The highest BCUT2D eigenvalue weighted by Crippen LogP contribution is 2.24. The summed E-state index contributed by atoms with van der Waals surface area (Å²) in [6, 6.07) is 8.50. The SMILES string of the molecule is Cc1ccccc1-n1c(C)nnc1SCC(=O)NC1CCCCCCC1. The molecule has 5 nitrogen and oxygen atoms in total. The molecule has 0 aliphatic heterocycles. The minimum absolute atomic E-state index is 0.0950. The first-order chi connectivity index (χ1) is 12.6. The van der Waals surface area contributed by atoms with Crippen LogP contribution >= 0.6 is 11.8 Å². The van der Waals surface area contributed by atoms with Gasteiger partial charge in [0, 0.05) is 6.04 Å². The average Bonchev–Trinajstić information content (AvgIpc) is 2.96. The molecule has 1 aromatic heterocycles. The lowest BCUT2D eigenvalue weighted by Gasteiger charge is -2.21. The van der Waals surface area contributed by atoms with Gasteiger partial charge in [0.2, 0.25) is 5.91 Å². The minimum Gasteiger partial charge on any atom is -0.353 e. The molecule has 0 spiro atoms. The van der Waals surface area contributed by atoms with Crippen LogP contribution in [0.1, 0.15) is 56.3 Å². The summed E-state index contributed by atoms with van der Waals surface area (Å²) in [5.74, 6) is 1.31. The zero-order chi connectivity index (χ0) is 18.4. The van der Waals surface area contributed by atoms with Crippen molar-refractivity contribution < 1.29 is 4.79 Å². The molecule has 26 heavy (non-hydrogen) atoms. The van der Waals surface area contributed by atoms with Crippen molar-refractivity contribution in [3.8, 4) is 5.69 Å². The van der Waals surface area contributed by atoms with Gasteiger partial charge < -0.3 is 5.32 Å². The third-order valence-electron chi connectivity index (χ3n) is 4.95. The van der Waals surface area contributed by atoms with Gasteiger partial charge in [-0.3, -0.25) is 9.36 Å². The fourth-order valence-corrected chi connectivity index (χ4v) is 4.33. The summed E-state index contributed by atoms with van der Waals surface area (Å²) in [5, 5.41) is 12.5. The fourth-order valence-electron chi connectivity index (χ4n) is 3.53. The highest BCUT2D eigenvalue weighted by Gasteiger charge is 2.17. The first kappa shape index (κ1) is 19.0. The Bertz CT molecular complexity index is 735. The number of carbonyl (C=O) groups is 1. The lowest BCUT2D eigenvalue weighted by Crippen LogP contribution is -2.36. The summed E-state index contributed by atoms with van der Waals surface area (Å²) in [6.45, 7) is 4.02. The van der Waals surface area contributed by atoms with Crippen molar-refractivity contribution in [1.82, 2.24) is 20.1 Å². The van der Waals surface area contributed by atoms with Gasteiger partial charge in [0.25, 0.3) is 0 Å². The number of hydrogen-bond acceptors (Lipinski definition) is 4. The Kier molecular flexibility index (Phi) is 6.72. The van der Waals surface area contributed by atoms with Gasteiger partial charge >= 0.3 is 0 Å². The van der Waals surface area contributed by atoms with Crippen molar-refractivity contribution in [3.05, 3.63) is 35.7 Å². The van der Waals surface area contributed by atoms with Gasteiger partial charge in [-0.1, -0.05) is 62.1 Å². The Hall–Kier alpha value is -1.82. The Morgan fingerprint density at radius 2 is 1.81 bits per heavy atom. The van der Waals surface area contributed by atoms with Crippen molar-refractivity contribution in [2.24, 2.45) is 0 Å². The van der Waals surface area contributed by atoms with Crippen LogP contribution in [0.15, 0.2) is 29.4 Å². The molecule has 0 atom stereocenters. The third kappa shape index (κ3) is 4.87. The lowest BCUT2D eigenvalue weighted by atomic mass is 9.97. The number of amides is 1. The molecule has 1 fully saturated rings. The fraction of sp³-hybridized carbons (Fsp3) is 0.550. The van der Waals surface area contributed by atoms with E-state index in [1.807, 2.05) is 23.6 Å². The van der Waals surface area contributed by atoms with Crippen molar-refractivity contribution >= 4 is 17.7 Å². The molecule has 1 amide bonds. The number of thioether (sulfide) groups is 1. The van der Waals surface area contributed by atoms with E-state index in [-0.39, 0.29) is 5.91 Å². The number of benzene rings is 1. The number of aromatic nitrogens is 3. The molecule has 0 radical (unpaired) electrons. The Balaban J connectivity index is 1.61. The van der Waals surface area contributed by atoms with Gasteiger partial charge in [-0.25, -0.2) is 0 Å². The van der Waals surface area contributed by atoms with Gasteiger partial charge in [-0.05, 0) is 38.3 Å². The summed E-state index contributed by atoms with van der Waals surface area (Å²) in [6.07, 6.45) is 8.58. The van der Waals surface area contributed by atoms with Crippen molar-refractivity contribution in [1.29, 1.82) is 0 Å². The summed E-state index contributed by atoms with van der Waals surface area (Å²) < 4.78 is 2.03. The van der Waals surface area contributed by atoms with Crippen LogP contribution in [0.25, 0.3) is 5.69 Å². The number of carbonyl (C=O) groups excluding carboxylic acids is 1. The minimum atomic E-state index is 0.0950. The van der Waals surface area contributed by atoms with E-state index in [1.165, 1.54) is 43.9 Å². The Morgan fingerprint density at radius 1 is 1.12 bits per heavy atom. The second-order valence-electron chi connectivity index (χ2n) is 7.05. The highest BCUT2D eigenvalue weighted by atomic mass is 32.2. The van der Waals surface area contributed by atoms with E-state index in [0.717, 1.165) is 35.1 Å². The van der Waals surface area contributed by atoms with E-state index in [9.17, 15) is 4.79 Å². The van der Waals surface area contributed by atoms with Gasteiger partial charge in [0.1, 0.15) is 5.82 Å². The Labute approximate surface area is 160 Å². The molecule has 0 saturated heterocycles. The largest absolute Gasteiger partial charge is 0.353 e. The van der Waals surface area contributed by atoms with Crippen LogP contribution in [-0.4, -0.2) is 32.5 Å². The van der Waals surface area contributed by atoms with Crippen molar-refractivity contribution in [3.63, 3.8) is 0 Å². The van der Waals surface area contributed by atoms with E-state index >= 15 is 0 Å². The highest BCUT2D eigenvalue weighted by molar-refractivity contribution is 7.99. The van der Waals surface area contributed by atoms with Crippen molar-refractivity contribution in [2.45, 2.75) is 70.0 Å². The molecule has 6 heteroatoms. The molecule has 3 rings (SSSR count). The first-order valence-corrected chi connectivity index (χ1v) is 10.5. The molecule has 1 heterocycles. The third-order valence-corrected chi connectivity index (χ3v) is 5.88. The smallest absolute Gasteiger partial charge is 0.230 e. The second kappa shape index (κ2) is 9.21. The maximum atomic E-state index is 12.4. The quantitative estimate of drug-likeness (QED) is 0.799. The van der Waals surface area contributed by atoms with Gasteiger partial charge in [-0.15, -0.1) is 10.2 Å². The van der Waals surface area contributed by atoms with Crippen LogP contribution in [0.2, 0.25) is 0 Å². The molecule has 1 aliphatic rings. The molecule has 1 aromatic carbocycles. The van der Waals surface area contributed by atoms with E-state index in [0.29, 0.717) is 11.8 Å². The first-order valence-electron chi connectivity index (χ1n) is 9.55. The molecule has 140 valence electrons.